The van der Waals surface area contributed by atoms with Crippen molar-refractivity contribution in [2.45, 2.75) is 37.7 Å². The molecule has 4 nitrogen and oxygen atoms in total. The maximum atomic E-state index is 12.1. The molecule has 1 unspecified atom stereocenters. The average molecular weight is 284 g/mol. The predicted molar refractivity (Wildman–Crippen MR) is 78.7 cm³/mol. The normalized spacial score (nSPS) is 23.1. The molecule has 0 aromatic heterocycles. The summed E-state index contributed by atoms with van der Waals surface area (Å²) in [6, 6.07) is 8.88. The van der Waals surface area contributed by atoms with Gasteiger partial charge in [-0.1, -0.05) is 6.07 Å². The van der Waals surface area contributed by atoms with Crippen molar-refractivity contribution >= 4 is 5.91 Å². The molecule has 1 saturated heterocycles. The Morgan fingerprint density at radius 1 is 1.48 bits per heavy atom. The van der Waals surface area contributed by atoms with E-state index in [-0.39, 0.29) is 11.5 Å². The van der Waals surface area contributed by atoms with Crippen LogP contribution in [-0.2, 0) is 4.74 Å². The summed E-state index contributed by atoms with van der Waals surface area (Å²) in [7, 11) is 0. The van der Waals surface area contributed by atoms with Crippen molar-refractivity contribution in [3.05, 3.63) is 35.4 Å². The Kier molecular flexibility index (Phi) is 3.94. The van der Waals surface area contributed by atoms with Gasteiger partial charge in [0.25, 0.3) is 5.91 Å². The molecule has 1 spiro atoms. The van der Waals surface area contributed by atoms with Gasteiger partial charge in [-0.15, -0.1) is 0 Å². The largest absolute Gasteiger partial charge is 0.375 e. The number of nitrogens with one attached hydrogen (secondary N) is 1. The first-order valence-electron chi connectivity index (χ1n) is 7.63. The van der Waals surface area contributed by atoms with Gasteiger partial charge in [-0.2, -0.15) is 5.26 Å². The van der Waals surface area contributed by atoms with Crippen LogP contribution < -0.4 is 5.32 Å². The molecule has 4 heteroatoms. The Labute approximate surface area is 125 Å². The van der Waals surface area contributed by atoms with E-state index in [0.717, 1.165) is 19.4 Å². The molecule has 3 rings (SSSR count). The third-order valence-corrected chi connectivity index (χ3v) is 4.66. The van der Waals surface area contributed by atoms with Crippen LogP contribution in [0.4, 0.5) is 0 Å². The Balaban J connectivity index is 1.54. The van der Waals surface area contributed by atoms with Crippen molar-refractivity contribution in [2.75, 3.05) is 13.2 Å². The second-order valence-corrected chi connectivity index (χ2v) is 6.15. The van der Waals surface area contributed by atoms with Gasteiger partial charge in [-0.25, -0.2) is 0 Å². The first-order chi connectivity index (χ1) is 10.2. The summed E-state index contributed by atoms with van der Waals surface area (Å²) in [5.74, 6) is 0.406. The maximum absolute atomic E-state index is 12.1. The van der Waals surface area contributed by atoms with E-state index in [1.54, 1.807) is 24.3 Å². The molecular formula is C17H20N2O2. The van der Waals surface area contributed by atoms with Gasteiger partial charge in [0, 0.05) is 18.7 Å². The van der Waals surface area contributed by atoms with Crippen molar-refractivity contribution in [3.8, 4) is 6.07 Å². The number of amides is 1. The Bertz CT molecular complexity index is 572. The van der Waals surface area contributed by atoms with Gasteiger partial charge in [0.15, 0.2) is 0 Å². The van der Waals surface area contributed by atoms with Crippen LogP contribution in [0.5, 0.6) is 0 Å². The van der Waals surface area contributed by atoms with E-state index in [9.17, 15) is 4.79 Å². The first-order valence-corrected chi connectivity index (χ1v) is 7.63. The Morgan fingerprint density at radius 3 is 3.05 bits per heavy atom. The molecule has 2 aliphatic rings. The third-order valence-electron chi connectivity index (χ3n) is 4.66. The van der Waals surface area contributed by atoms with Gasteiger partial charge >= 0.3 is 0 Å². The van der Waals surface area contributed by atoms with Gasteiger partial charge in [-0.05, 0) is 56.2 Å². The monoisotopic (exact) mass is 284 g/mol. The third kappa shape index (κ3) is 3.08. The topological polar surface area (TPSA) is 62.1 Å². The van der Waals surface area contributed by atoms with E-state index < -0.39 is 0 Å². The van der Waals surface area contributed by atoms with Crippen LogP contribution in [0.15, 0.2) is 24.3 Å². The van der Waals surface area contributed by atoms with Gasteiger partial charge in [0.05, 0.1) is 17.2 Å². The fourth-order valence-electron chi connectivity index (χ4n) is 3.29. The molecule has 1 N–H and O–H groups in total. The van der Waals surface area contributed by atoms with E-state index in [4.69, 9.17) is 10.00 Å². The summed E-state index contributed by atoms with van der Waals surface area (Å²) >= 11 is 0. The summed E-state index contributed by atoms with van der Waals surface area (Å²) in [5.41, 5.74) is 1.19. The molecule has 21 heavy (non-hydrogen) atoms. The van der Waals surface area contributed by atoms with E-state index in [2.05, 4.69) is 11.4 Å². The van der Waals surface area contributed by atoms with Crippen LogP contribution in [0.2, 0.25) is 0 Å². The van der Waals surface area contributed by atoms with Crippen molar-refractivity contribution in [1.29, 1.82) is 5.26 Å². The molecule has 2 fully saturated rings. The number of ether oxygens (including phenoxy) is 1. The summed E-state index contributed by atoms with van der Waals surface area (Å²) in [6.07, 6.45) is 5.68. The lowest BCUT2D eigenvalue weighted by Gasteiger charge is -2.47. The molecule has 1 saturated carbocycles. The van der Waals surface area contributed by atoms with E-state index >= 15 is 0 Å². The van der Waals surface area contributed by atoms with Crippen molar-refractivity contribution in [3.63, 3.8) is 0 Å². The van der Waals surface area contributed by atoms with Crippen LogP contribution in [0.25, 0.3) is 0 Å². The first kappa shape index (κ1) is 14.1. The van der Waals surface area contributed by atoms with Gasteiger partial charge < -0.3 is 10.1 Å². The Hall–Kier alpha value is -1.86. The van der Waals surface area contributed by atoms with Crippen LogP contribution in [-0.4, -0.2) is 24.7 Å². The second-order valence-electron chi connectivity index (χ2n) is 6.15. The summed E-state index contributed by atoms with van der Waals surface area (Å²) < 4.78 is 5.90. The molecule has 1 aromatic rings. The molecule has 1 aliphatic carbocycles. The van der Waals surface area contributed by atoms with Crippen molar-refractivity contribution in [1.82, 2.24) is 5.32 Å². The average Bonchev–Trinajstić information content (AvgIpc) is 2.51. The highest BCUT2D eigenvalue weighted by atomic mass is 16.5. The number of hydrogen-bond acceptors (Lipinski definition) is 3. The van der Waals surface area contributed by atoms with Crippen LogP contribution >= 0.6 is 0 Å². The molecule has 1 aliphatic heterocycles. The zero-order valence-corrected chi connectivity index (χ0v) is 12.1. The number of benzene rings is 1. The van der Waals surface area contributed by atoms with Gasteiger partial charge in [-0.3, -0.25) is 4.79 Å². The number of nitrogens with zero attached hydrogens (tertiary/aromatic N) is 1. The highest BCUT2D eigenvalue weighted by Gasteiger charge is 2.42. The number of carbonyl (C=O) groups excluding carboxylic acids is 1. The second kappa shape index (κ2) is 5.87. The fourth-order valence-corrected chi connectivity index (χ4v) is 3.29. The zero-order chi connectivity index (χ0) is 14.7. The molecule has 1 aromatic carbocycles. The lowest BCUT2D eigenvalue weighted by molar-refractivity contribution is -0.142. The standard InChI is InChI=1S/C17H20N2O2/c18-11-13-3-1-4-15(9-13)16(20)19-12-14-5-8-21-17(10-14)6-2-7-17/h1,3-4,9,14H,2,5-8,10,12H2,(H,19,20). The highest BCUT2D eigenvalue weighted by Crippen LogP contribution is 2.43. The predicted octanol–water partition coefficient (Wildman–Crippen LogP) is 2.64. The summed E-state index contributed by atoms with van der Waals surface area (Å²) in [4.78, 5) is 12.1. The molecule has 0 radical (unpaired) electrons. The molecule has 1 atom stereocenters. The number of carbonyl (C=O) groups is 1. The number of hydrogen-bond donors (Lipinski definition) is 1. The minimum atomic E-state index is -0.0961. The van der Waals surface area contributed by atoms with E-state index in [1.165, 1.54) is 19.3 Å². The number of rotatable bonds is 3. The smallest absolute Gasteiger partial charge is 0.251 e. The van der Waals surface area contributed by atoms with Gasteiger partial charge in [0.2, 0.25) is 0 Å². The summed E-state index contributed by atoms with van der Waals surface area (Å²) in [5, 5.41) is 11.9. The number of nitriles is 1. The van der Waals surface area contributed by atoms with E-state index in [0.29, 0.717) is 23.6 Å². The Morgan fingerprint density at radius 2 is 2.33 bits per heavy atom. The minimum absolute atomic E-state index is 0.0961. The zero-order valence-electron chi connectivity index (χ0n) is 12.1. The van der Waals surface area contributed by atoms with E-state index in [1.807, 2.05) is 0 Å². The summed E-state index contributed by atoms with van der Waals surface area (Å²) in [6.45, 7) is 1.51. The van der Waals surface area contributed by atoms with Crippen LogP contribution in [0, 0.1) is 17.2 Å². The quantitative estimate of drug-likeness (QED) is 0.928. The maximum Gasteiger partial charge on any atom is 0.251 e. The molecular weight excluding hydrogens is 264 g/mol. The van der Waals surface area contributed by atoms with Crippen molar-refractivity contribution in [2.24, 2.45) is 5.92 Å². The van der Waals surface area contributed by atoms with Crippen LogP contribution in [0.1, 0.15) is 48.0 Å². The lowest BCUT2D eigenvalue weighted by Crippen LogP contribution is -2.47. The van der Waals surface area contributed by atoms with Gasteiger partial charge in [0.1, 0.15) is 0 Å². The molecule has 1 amide bonds. The minimum Gasteiger partial charge on any atom is -0.375 e. The molecule has 1 heterocycles. The SMILES string of the molecule is N#Cc1cccc(C(=O)NCC2CCOC3(CCC3)C2)c1. The van der Waals surface area contributed by atoms with Crippen LogP contribution in [0.3, 0.4) is 0 Å². The lowest BCUT2D eigenvalue weighted by atomic mass is 9.72. The highest BCUT2D eigenvalue weighted by molar-refractivity contribution is 5.94. The fraction of sp³-hybridized carbons (Fsp3) is 0.529. The molecule has 0 bridgehead atoms. The van der Waals surface area contributed by atoms with Crippen molar-refractivity contribution < 1.29 is 9.53 Å². The molecule has 110 valence electrons.